The maximum atomic E-state index is 6.34. The molecule has 0 atom stereocenters. The Kier molecular flexibility index (Phi) is 9.21. The number of nitrogens with zero attached hydrogens (tertiary/aromatic N) is 1. The van der Waals surface area contributed by atoms with Gasteiger partial charge in [-0.05, 0) is 145 Å². The van der Waals surface area contributed by atoms with Crippen LogP contribution in [0.5, 0.6) is 0 Å². The van der Waals surface area contributed by atoms with Gasteiger partial charge in [0.1, 0.15) is 11.2 Å². The molecule has 0 amide bonds. The molecule has 0 fully saturated rings. The van der Waals surface area contributed by atoms with Crippen molar-refractivity contribution < 1.29 is 4.42 Å². The zero-order valence-corrected chi connectivity index (χ0v) is 36.4. The first-order valence-corrected chi connectivity index (χ1v) is 22.5. The molecule has 0 aliphatic heterocycles. The summed E-state index contributed by atoms with van der Waals surface area (Å²) in [7, 11) is 0. The number of fused-ring (bicyclic) bond motifs is 6. The van der Waals surface area contributed by atoms with Crippen molar-refractivity contribution in [3.63, 3.8) is 0 Å². The summed E-state index contributed by atoms with van der Waals surface area (Å²) in [5.41, 5.74) is 22.1. The van der Waals surface area contributed by atoms with Crippen LogP contribution in [0.3, 0.4) is 0 Å². The fourth-order valence-corrected chi connectivity index (χ4v) is 10.2. The predicted molar refractivity (Wildman–Crippen MR) is 273 cm³/mol. The Morgan fingerprint density at radius 3 is 1.49 bits per heavy atom. The molecule has 1 aromatic heterocycles. The molecule has 0 N–H and O–H groups in total. The Labute approximate surface area is 380 Å². The van der Waals surface area contributed by atoms with Gasteiger partial charge < -0.3 is 9.32 Å². The highest BCUT2D eigenvalue weighted by Gasteiger charge is 2.38. The molecule has 1 heterocycles. The van der Waals surface area contributed by atoms with Crippen LogP contribution >= 0.6 is 0 Å². The van der Waals surface area contributed by atoms with Gasteiger partial charge >= 0.3 is 0 Å². The lowest BCUT2D eigenvalue weighted by molar-refractivity contribution is 0.661. The van der Waals surface area contributed by atoms with E-state index in [1.165, 1.54) is 61.2 Å². The molecular formula is C63H45NO. The average molecular weight is 832 g/mol. The fraction of sp³-hybridized carbons (Fsp3) is 0.0476. The molecule has 308 valence electrons. The average Bonchev–Trinajstić information content (AvgIpc) is 3.86. The molecule has 11 aromatic rings. The van der Waals surface area contributed by atoms with E-state index in [1.807, 2.05) is 6.07 Å². The maximum Gasteiger partial charge on any atom is 0.136 e. The molecule has 2 nitrogen and oxygen atoms in total. The molecule has 10 aromatic carbocycles. The molecule has 1 aliphatic carbocycles. The second-order valence-corrected chi connectivity index (χ2v) is 17.7. The molecule has 2 heteroatoms. The van der Waals surface area contributed by atoms with Gasteiger partial charge in [-0.3, -0.25) is 0 Å². The summed E-state index contributed by atoms with van der Waals surface area (Å²) in [5, 5.41) is 2.25. The highest BCUT2D eigenvalue weighted by atomic mass is 16.3. The van der Waals surface area contributed by atoms with E-state index in [1.54, 1.807) is 0 Å². The first kappa shape index (κ1) is 38.5. The first-order chi connectivity index (χ1) is 32.0. The van der Waals surface area contributed by atoms with Gasteiger partial charge in [-0.1, -0.05) is 184 Å². The van der Waals surface area contributed by atoms with Crippen LogP contribution in [0.25, 0.3) is 88.7 Å². The topological polar surface area (TPSA) is 16.4 Å². The van der Waals surface area contributed by atoms with Gasteiger partial charge in [0.15, 0.2) is 0 Å². The van der Waals surface area contributed by atoms with Crippen LogP contribution in [-0.4, -0.2) is 0 Å². The molecule has 1 aliphatic rings. The number of para-hydroxylation sites is 1. The van der Waals surface area contributed by atoms with E-state index in [0.717, 1.165) is 55.7 Å². The summed E-state index contributed by atoms with van der Waals surface area (Å²) in [4.78, 5) is 2.40. The standard InChI is InChI=1S/C63H45NO/c1-63(2)57-35-34-47(39-56(57)61-55(44-22-10-5-11-23-44)40-49(41-58(61)63)43-20-8-4-9-21-43)46-25-15-28-51(37-46)64(50-27-14-24-45(36-50)42-18-6-3-7-19-42)52-29-16-26-48(38-52)53-31-17-33-60-62(53)54-30-12-13-32-59(54)65-60/h3-41H,1-2H3. The van der Waals surface area contributed by atoms with Crippen molar-refractivity contribution in [3.05, 3.63) is 248 Å². The van der Waals surface area contributed by atoms with E-state index in [2.05, 4.69) is 249 Å². The number of hydrogen-bond donors (Lipinski definition) is 0. The monoisotopic (exact) mass is 831 g/mol. The normalized spacial score (nSPS) is 12.6. The number of furan rings is 1. The van der Waals surface area contributed by atoms with Crippen LogP contribution in [0.2, 0.25) is 0 Å². The smallest absolute Gasteiger partial charge is 0.136 e. The summed E-state index contributed by atoms with van der Waals surface area (Å²) < 4.78 is 6.34. The molecule has 0 unspecified atom stereocenters. The third kappa shape index (κ3) is 6.65. The van der Waals surface area contributed by atoms with Crippen LogP contribution < -0.4 is 4.90 Å². The Morgan fingerprint density at radius 1 is 0.323 bits per heavy atom. The quantitative estimate of drug-likeness (QED) is 0.152. The minimum absolute atomic E-state index is 0.183. The molecule has 0 radical (unpaired) electrons. The van der Waals surface area contributed by atoms with Gasteiger partial charge in [0.25, 0.3) is 0 Å². The van der Waals surface area contributed by atoms with E-state index < -0.39 is 0 Å². The Hall–Kier alpha value is -8.20. The molecule has 0 spiro atoms. The van der Waals surface area contributed by atoms with Crippen LogP contribution in [0.15, 0.2) is 241 Å². The highest BCUT2D eigenvalue weighted by Crippen LogP contribution is 2.54. The van der Waals surface area contributed by atoms with Gasteiger partial charge in [-0.2, -0.15) is 0 Å². The van der Waals surface area contributed by atoms with Gasteiger partial charge in [0.05, 0.1) is 0 Å². The first-order valence-electron chi connectivity index (χ1n) is 22.5. The second-order valence-electron chi connectivity index (χ2n) is 17.7. The largest absolute Gasteiger partial charge is 0.456 e. The SMILES string of the molecule is CC1(C)c2ccc(-c3cccc(N(c4cccc(-c5ccccc5)c4)c4cccc(-c5cccc6oc7ccccc7c56)c4)c3)cc2-c2c(-c3ccccc3)cc(-c3ccccc3)cc21. The summed E-state index contributed by atoms with van der Waals surface area (Å²) >= 11 is 0. The molecule has 65 heavy (non-hydrogen) atoms. The summed E-state index contributed by atoms with van der Waals surface area (Å²) in [6.45, 7) is 4.76. The van der Waals surface area contributed by atoms with Gasteiger partial charge in [0.2, 0.25) is 0 Å². The summed E-state index contributed by atoms with van der Waals surface area (Å²) in [5.74, 6) is 0. The minimum atomic E-state index is -0.183. The highest BCUT2D eigenvalue weighted by molar-refractivity contribution is 6.12. The number of rotatable bonds is 8. The van der Waals surface area contributed by atoms with E-state index in [9.17, 15) is 0 Å². The zero-order chi connectivity index (χ0) is 43.5. The molecular weight excluding hydrogens is 787 g/mol. The van der Waals surface area contributed by atoms with Gasteiger partial charge in [-0.15, -0.1) is 0 Å². The number of benzene rings is 10. The van der Waals surface area contributed by atoms with Crippen molar-refractivity contribution in [2.45, 2.75) is 19.3 Å². The van der Waals surface area contributed by atoms with Crippen molar-refractivity contribution in [3.8, 4) is 66.8 Å². The van der Waals surface area contributed by atoms with Gasteiger partial charge in [-0.25, -0.2) is 0 Å². The van der Waals surface area contributed by atoms with Crippen molar-refractivity contribution in [2.24, 2.45) is 0 Å². The predicted octanol–water partition coefficient (Wildman–Crippen LogP) is 17.7. The Balaban J connectivity index is 1.01. The van der Waals surface area contributed by atoms with Crippen LogP contribution in [0.4, 0.5) is 17.1 Å². The van der Waals surface area contributed by atoms with Crippen LogP contribution in [-0.2, 0) is 5.41 Å². The maximum absolute atomic E-state index is 6.34. The van der Waals surface area contributed by atoms with Crippen molar-refractivity contribution >= 4 is 39.0 Å². The van der Waals surface area contributed by atoms with E-state index in [-0.39, 0.29) is 5.41 Å². The fourth-order valence-electron chi connectivity index (χ4n) is 10.2. The van der Waals surface area contributed by atoms with E-state index in [4.69, 9.17) is 4.42 Å². The summed E-state index contributed by atoms with van der Waals surface area (Å²) in [6, 6.07) is 85.9. The minimum Gasteiger partial charge on any atom is -0.456 e. The van der Waals surface area contributed by atoms with Gasteiger partial charge in [0, 0.05) is 33.2 Å². The second kappa shape index (κ2) is 15.6. The molecule has 0 saturated heterocycles. The van der Waals surface area contributed by atoms with Crippen molar-refractivity contribution in [1.29, 1.82) is 0 Å². The number of anilines is 3. The zero-order valence-electron chi connectivity index (χ0n) is 36.4. The van der Waals surface area contributed by atoms with Crippen molar-refractivity contribution in [2.75, 3.05) is 4.90 Å². The van der Waals surface area contributed by atoms with E-state index in [0.29, 0.717) is 0 Å². The Bertz CT molecular complexity index is 3560. The Morgan fingerprint density at radius 2 is 0.815 bits per heavy atom. The van der Waals surface area contributed by atoms with Crippen LogP contribution in [0, 0.1) is 0 Å². The van der Waals surface area contributed by atoms with E-state index >= 15 is 0 Å². The third-order valence-electron chi connectivity index (χ3n) is 13.4. The van der Waals surface area contributed by atoms with Crippen molar-refractivity contribution in [1.82, 2.24) is 0 Å². The summed E-state index contributed by atoms with van der Waals surface area (Å²) in [6.07, 6.45) is 0. The third-order valence-corrected chi connectivity index (χ3v) is 13.4. The molecule has 0 saturated carbocycles. The molecule has 12 rings (SSSR count). The number of hydrogen-bond acceptors (Lipinski definition) is 2. The lowest BCUT2D eigenvalue weighted by atomic mass is 9.80. The molecule has 0 bridgehead atoms. The lowest BCUT2D eigenvalue weighted by Crippen LogP contribution is -2.15. The lowest BCUT2D eigenvalue weighted by Gasteiger charge is -2.27. The van der Waals surface area contributed by atoms with Crippen LogP contribution in [0.1, 0.15) is 25.0 Å².